The average Bonchev–Trinajstić information content (AvgIpc) is 2.28. The van der Waals surface area contributed by atoms with E-state index >= 15 is 0 Å². The van der Waals surface area contributed by atoms with E-state index < -0.39 is 0 Å². The largest absolute Gasteiger partial charge is 0.496 e. The SMILES string of the molecule is COc1ccc(F)cc1C(C)NC(C)C(C)C. The Balaban J connectivity index is 2.87. The molecule has 1 N–H and O–H groups in total. The molecule has 0 aliphatic rings. The molecule has 1 aromatic rings. The Morgan fingerprint density at radius 1 is 1.18 bits per heavy atom. The van der Waals surface area contributed by atoms with Crippen LogP contribution in [-0.2, 0) is 0 Å². The average molecular weight is 239 g/mol. The fourth-order valence-corrected chi connectivity index (χ4v) is 1.72. The number of hydrogen-bond donors (Lipinski definition) is 1. The zero-order chi connectivity index (χ0) is 13.0. The highest BCUT2D eigenvalue weighted by molar-refractivity contribution is 5.36. The van der Waals surface area contributed by atoms with E-state index in [1.54, 1.807) is 13.2 Å². The highest BCUT2D eigenvalue weighted by Gasteiger charge is 2.16. The molecule has 96 valence electrons. The molecule has 0 heterocycles. The van der Waals surface area contributed by atoms with E-state index in [-0.39, 0.29) is 11.9 Å². The molecule has 1 rings (SSSR count). The molecule has 0 aliphatic heterocycles. The molecule has 0 saturated carbocycles. The van der Waals surface area contributed by atoms with Crippen LogP contribution in [0.5, 0.6) is 5.75 Å². The molecule has 3 heteroatoms. The zero-order valence-electron chi connectivity index (χ0n) is 11.3. The Morgan fingerprint density at radius 2 is 1.82 bits per heavy atom. The first-order valence-corrected chi connectivity index (χ1v) is 6.05. The summed E-state index contributed by atoms with van der Waals surface area (Å²) in [5.41, 5.74) is 0.861. The highest BCUT2D eigenvalue weighted by atomic mass is 19.1. The van der Waals surface area contributed by atoms with Gasteiger partial charge in [-0.1, -0.05) is 13.8 Å². The normalized spacial score (nSPS) is 14.8. The van der Waals surface area contributed by atoms with Gasteiger partial charge in [-0.3, -0.25) is 0 Å². The second-order valence-electron chi connectivity index (χ2n) is 4.81. The minimum atomic E-state index is -0.230. The molecule has 0 saturated heterocycles. The Labute approximate surface area is 103 Å². The number of nitrogens with one attached hydrogen (secondary N) is 1. The van der Waals surface area contributed by atoms with Crippen molar-refractivity contribution < 1.29 is 9.13 Å². The molecular formula is C14H22FNO. The molecule has 0 amide bonds. The molecular weight excluding hydrogens is 217 g/mol. The van der Waals surface area contributed by atoms with E-state index in [4.69, 9.17) is 4.74 Å². The molecule has 1 aromatic carbocycles. The topological polar surface area (TPSA) is 21.3 Å². The first-order chi connectivity index (χ1) is 7.95. The van der Waals surface area contributed by atoms with Crippen molar-refractivity contribution in [3.63, 3.8) is 0 Å². The monoisotopic (exact) mass is 239 g/mol. The van der Waals surface area contributed by atoms with Gasteiger partial charge >= 0.3 is 0 Å². The molecule has 0 bridgehead atoms. The van der Waals surface area contributed by atoms with Gasteiger partial charge in [-0.25, -0.2) is 4.39 Å². The van der Waals surface area contributed by atoms with Crippen LogP contribution in [0.4, 0.5) is 4.39 Å². The van der Waals surface area contributed by atoms with Crippen molar-refractivity contribution in [2.45, 2.75) is 39.8 Å². The first kappa shape index (κ1) is 14.0. The molecule has 2 unspecified atom stereocenters. The van der Waals surface area contributed by atoms with E-state index in [1.807, 2.05) is 6.92 Å². The van der Waals surface area contributed by atoms with Crippen molar-refractivity contribution in [2.75, 3.05) is 7.11 Å². The maximum atomic E-state index is 13.3. The molecule has 0 fully saturated rings. The highest BCUT2D eigenvalue weighted by Crippen LogP contribution is 2.26. The van der Waals surface area contributed by atoms with Gasteiger partial charge in [0.05, 0.1) is 7.11 Å². The predicted octanol–water partition coefficient (Wildman–Crippen LogP) is 3.53. The van der Waals surface area contributed by atoms with Crippen molar-refractivity contribution in [3.05, 3.63) is 29.6 Å². The minimum Gasteiger partial charge on any atom is -0.496 e. The quantitative estimate of drug-likeness (QED) is 0.848. The number of halogens is 1. The van der Waals surface area contributed by atoms with Gasteiger partial charge in [0.25, 0.3) is 0 Å². The number of methoxy groups -OCH3 is 1. The van der Waals surface area contributed by atoms with Crippen molar-refractivity contribution in [1.82, 2.24) is 5.32 Å². The molecule has 0 radical (unpaired) electrons. The Morgan fingerprint density at radius 3 is 2.35 bits per heavy atom. The van der Waals surface area contributed by atoms with Crippen LogP contribution < -0.4 is 10.1 Å². The summed E-state index contributed by atoms with van der Waals surface area (Å²) < 4.78 is 18.5. The van der Waals surface area contributed by atoms with E-state index in [2.05, 4.69) is 26.1 Å². The smallest absolute Gasteiger partial charge is 0.123 e. The van der Waals surface area contributed by atoms with Gasteiger partial charge in [-0.05, 0) is 38.0 Å². The van der Waals surface area contributed by atoms with Crippen LogP contribution in [0.25, 0.3) is 0 Å². The zero-order valence-corrected chi connectivity index (χ0v) is 11.3. The Kier molecular flexibility index (Phi) is 4.94. The van der Waals surface area contributed by atoms with Crippen LogP contribution in [0, 0.1) is 11.7 Å². The van der Waals surface area contributed by atoms with E-state index in [0.29, 0.717) is 12.0 Å². The molecule has 0 aromatic heterocycles. The standard InChI is InChI=1S/C14H22FNO/c1-9(2)10(3)16-11(4)13-8-12(15)6-7-14(13)17-5/h6-11,16H,1-5H3. The third kappa shape index (κ3) is 3.70. The predicted molar refractivity (Wildman–Crippen MR) is 68.8 cm³/mol. The summed E-state index contributed by atoms with van der Waals surface area (Å²) in [6, 6.07) is 5.06. The van der Waals surface area contributed by atoms with Crippen molar-refractivity contribution >= 4 is 0 Å². The lowest BCUT2D eigenvalue weighted by molar-refractivity contribution is 0.368. The van der Waals surface area contributed by atoms with Gasteiger partial charge in [-0.15, -0.1) is 0 Å². The van der Waals surface area contributed by atoms with Gasteiger partial charge in [-0.2, -0.15) is 0 Å². The lowest BCUT2D eigenvalue weighted by Crippen LogP contribution is -2.33. The summed E-state index contributed by atoms with van der Waals surface area (Å²) >= 11 is 0. The van der Waals surface area contributed by atoms with E-state index in [9.17, 15) is 4.39 Å². The number of benzene rings is 1. The number of ether oxygens (including phenoxy) is 1. The van der Waals surface area contributed by atoms with E-state index in [1.165, 1.54) is 12.1 Å². The fourth-order valence-electron chi connectivity index (χ4n) is 1.72. The summed E-state index contributed by atoms with van der Waals surface area (Å²) in [6.07, 6.45) is 0. The summed E-state index contributed by atoms with van der Waals surface area (Å²) in [7, 11) is 1.61. The first-order valence-electron chi connectivity index (χ1n) is 6.05. The maximum absolute atomic E-state index is 13.3. The molecule has 0 spiro atoms. The molecule has 2 nitrogen and oxygen atoms in total. The lowest BCUT2D eigenvalue weighted by atomic mass is 10.0. The maximum Gasteiger partial charge on any atom is 0.123 e. The van der Waals surface area contributed by atoms with Crippen LogP contribution in [0.15, 0.2) is 18.2 Å². The van der Waals surface area contributed by atoms with E-state index in [0.717, 1.165) is 11.3 Å². The summed E-state index contributed by atoms with van der Waals surface area (Å²) in [5, 5.41) is 3.45. The van der Waals surface area contributed by atoms with Crippen LogP contribution >= 0.6 is 0 Å². The summed E-state index contributed by atoms with van der Waals surface area (Å²) in [6.45, 7) is 8.48. The van der Waals surface area contributed by atoms with Crippen LogP contribution in [-0.4, -0.2) is 13.2 Å². The Bertz CT molecular complexity index is 365. The molecule has 0 aliphatic carbocycles. The number of rotatable bonds is 5. The third-order valence-electron chi connectivity index (χ3n) is 3.17. The lowest BCUT2D eigenvalue weighted by Gasteiger charge is -2.24. The number of hydrogen-bond acceptors (Lipinski definition) is 2. The van der Waals surface area contributed by atoms with Crippen LogP contribution in [0.2, 0.25) is 0 Å². The van der Waals surface area contributed by atoms with Gasteiger partial charge < -0.3 is 10.1 Å². The Hall–Kier alpha value is -1.09. The third-order valence-corrected chi connectivity index (χ3v) is 3.17. The van der Waals surface area contributed by atoms with Gasteiger partial charge in [0.1, 0.15) is 11.6 Å². The van der Waals surface area contributed by atoms with Gasteiger partial charge in [0, 0.05) is 17.6 Å². The minimum absolute atomic E-state index is 0.0676. The summed E-state index contributed by atoms with van der Waals surface area (Å²) in [5.74, 6) is 1.03. The fraction of sp³-hybridized carbons (Fsp3) is 0.571. The van der Waals surface area contributed by atoms with Gasteiger partial charge in [0.2, 0.25) is 0 Å². The second kappa shape index (κ2) is 6.01. The van der Waals surface area contributed by atoms with Crippen molar-refractivity contribution in [1.29, 1.82) is 0 Å². The molecule has 17 heavy (non-hydrogen) atoms. The molecule has 2 atom stereocenters. The second-order valence-corrected chi connectivity index (χ2v) is 4.81. The van der Waals surface area contributed by atoms with Crippen LogP contribution in [0.3, 0.4) is 0 Å². The van der Waals surface area contributed by atoms with Crippen molar-refractivity contribution in [2.24, 2.45) is 5.92 Å². The summed E-state index contributed by atoms with van der Waals surface area (Å²) in [4.78, 5) is 0. The van der Waals surface area contributed by atoms with Crippen LogP contribution in [0.1, 0.15) is 39.3 Å². The van der Waals surface area contributed by atoms with Gasteiger partial charge in [0.15, 0.2) is 0 Å². The van der Waals surface area contributed by atoms with Crippen molar-refractivity contribution in [3.8, 4) is 5.75 Å².